The van der Waals surface area contributed by atoms with Crippen molar-refractivity contribution in [3.05, 3.63) is 64.2 Å². The summed E-state index contributed by atoms with van der Waals surface area (Å²) in [5.41, 5.74) is 6.46. The molecule has 0 fully saturated rings. The minimum atomic E-state index is -4.55. The van der Waals surface area contributed by atoms with Gasteiger partial charge in [-0.2, -0.15) is 18.3 Å². The number of hydrazone groups is 1. The van der Waals surface area contributed by atoms with Crippen LogP contribution in [0.1, 0.15) is 21.5 Å². The predicted molar refractivity (Wildman–Crippen MR) is 92.6 cm³/mol. The number of amides is 2. The van der Waals surface area contributed by atoms with Gasteiger partial charge in [-0.3, -0.25) is 9.59 Å². The third kappa shape index (κ3) is 6.00. The second-order valence-electron chi connectivity index (χ2n) is 5.22. The van der Waals surface area contributed by atoms with Gasteiger partial charge in [0, 0.05) is 5.56 Å². The van der Waals surface area contributed by atoms with E-state index in [1.165, 1.54) is 24.4 Å². The van der Waals surface area contributed by atoms with Gasteiger partial charge >= 0.3 is 6.18 Å². The molecule has 27 heavy (non-hydrogen) atoms. The van der Waals surface area contributed by atoms with Crippen molar-refractivity contribution in [3.8, 4) is 5.75 Å². The molecule has 0 bridgehead atoms. The van der Waals surface area contributed by atoms with Crippen LogP contribution in [-0.2, 0) is 11.0 Å². The lowest BCUT2D eigenvalue weighted by Gasteiger charge is -2.08. The SMILES string of the molecule is NC(=O)COc1ccc(C=NNC(=O)c2cccc(C(F)(F)F)c2)cc1Cl. The van der Waals surface area contributed by atoms with Gasteiger partial charge in [-0.1, -0.05) is 17.7 Å². The Balaban J connectivity index is 2.02. The highest BCUT2D eigenvalue weighted by atomic mass is 35.5. The Bertz CT molecular complexity index is 885. The van der Waals surface area contributed by atoms with Gasteiger partial charge in [0.1, 0.15) is 5.75 Å². The molecule has 2 rings (SSSR count). The summed E-state index contributed by atoms with van der Waals surface area (Å²) in [5, 5.41) is 3.86. The number of carbonyl (C=O) groups is 2. The zero-order valence-electron chi connectivity index (χ0n) is 13.6. The molecule has 2 amide bonds. The maximum absolute atomic E-state index is 12.7. The van der Waals surface area contributed by atoms with E-state index in [1.54, 1.807) is 6.07 Å². The number of nitrogens with two attached hydrogens (primary N) is 1. The van der Waals surface area contributed by atoms with Crippen molar-refractivity contribution in [3.63, 3.8) is 0 Å². The fourth-order valence-electron chi connectivity index (χ4n) is 1.93. The van der Waals surface area contributed by atoms with Gasteiger partial charge in [0.2, 0.25) is 0 Å². The average molecular weight is 400 g/mol. The highest BCUT2D eigenvalue weighted by molar-refractivity contribution is 6.32. The molecule has 10 heteroatoms. The molecule has 0 atom stereocenters. The summed E-state index contributed by atoms with van der Waals surface area (Å²) in [6.07, 6.45) is -3.30. The van der Waals surface area contributed by atoms with Gasteiger partial charge in [-0.25, -0.2) is 5.43 Å². The van der Waals surface area contributed by atoms with E-state index in [2.05, 4.69) is 10.5 Å². The van der Waals surface area contributed by atoms with E-state index < -0.39 is 23.6 Å². The van der Waals surface area contributed by atoms with Crippen molar-refractivity contribution < 1.29 is 27.5 Å². The molecule has 0 aliphatic carbocycles. The van der Waals surface area contributed by atoms with Crippen molar-refractivity contribution >= 4 is 29.6 Å². The molecule has 2 aromatic rings. The van der Waals surface area contributed by atoms with E-state index in [1.807, 2.05) is 0 Å². The van der Waals surface area contributed by atoms with Gasteiger partial charge in [0.25, 0.3) is 11.8 Å². The molecular formula is C17H13ClF3N3O3. The van der Waals surface area contributed by atoms with E-state index in [9.17, 15) is 22.8 Å². The number of nitrogens with one attached hydrogen (secondary N) is 1. The molecule has 142 valence electrons. The number of benzene rings is 2. The molecule has 0 spiro atoms. The Hall–Kier alpha value is -3.07. The Kier molecular flexibility index (Phi) is 6.40. The van der Waals surface area contributed by atoms with E-state index >= 15 is 0 Å². The summed E-state index contributed by atoms with van der Waals surface area (Å²) >= 11 is 5.98. The topological polar surface area (TPSA) is 93.8 Å². The Morgan fingerprint density at radius 3 is 2.59 bits per heavy atom. The third-order valence-corrected chi connectivity index (χ3v) is 3.45. The maximum Gasteiger partial charge on any atom is 0.416 e. The van der Waals surface area contributed by atoms with Crippen LogP contribution in [0.25, 0.3) is 0 Å². The number of nitrogens with zero attached hydrogens (tertiary/aromatic N) is 1. The molecular weight excluding hydrogens is 387 g/mol. The minimum Gasteiger partial charge on any atom is -0.482 e. The maximum atomic E-state index is 12.7. The summed E-state index contributed by atoms with van der Waals surface area (Å²) in [7, 11) is 0. The van der Waals surface area contributed by atoms with E-state index in [4.69, 9.17) is 22.1 Å². The number of hydrogen-bond donors (Lipinski definition) is 2. The van der Waals surface area contributed by atoms with Crippen LogP contribution >= 0.6 is 11.6 Å². The smallest absolute Gasteiger partial charge is 0.416 e. The fraction of sp³-hybridized carbons (Fsp3) is 0.118. The van der Waals surface area contributed by atoms with Gasteiger partial charge in [-0.05, 0) is 42.0 Å². The summed E-state index contributed by atoms with van der Waals surface area (Å²) < 4.78 is 43.1. The van der Waals surface area contributed by atoms with Crippen LogP contribution in [0.15, 0.2) is 47.6 Å². The lowest BCUT2D eigenvalue weighted by molar-refractivity contribution is -0.137. The third-order valence-electron chi connectivity index (χ3n) is 3.16. The van der Waals surface area contributed by atoms with Crippen LogP contribution in [0.3, 0.4) is 0 Å². The van der Waals surface area contributed by atoms with Crippen molar-refractivity contribution in [2.24, 2.45) is 10.8 Å². The molecule has 0 unspecified atom stereocenters. The van der Waals surface area contributed by atoms with Crippen molar-refractivity contribution in [2.75, 3.05) is 6.61 Å². The Morgan fingerprint density at radius 2 is 1.96 bits per heavy atom. The molecule has 0 radical (unpaired) electrons. The van der Waals surface area contributed by atoms with Gasteiger partial charge in [-0.15, -0.1) is 0 Å². The summed E-state index contributed by atoms with van der Waals surface area (Å²) in [5.74, 6) is -1.22. The zero-order valence-corrected chi connectivity index (χ0v) is 14.3. The molecule has 0 saturated heterocycles. The van der Waals surface area contributed by atoms with Crippen LogP contribution in [0, 0.1) is 0 Å². The monoisotopic (exact) mass is 399 g/mol. The normalized spacial score (nSPS) is 11.4. The number of alkyl halides is 3. The quantitative estimate of drug-likeness (QED) is 0.577. The first kappa shape index (κ1) is 20.2. The Labute approximate surface area is 156 Å². The summed E-state index contributed by atoms with van der Waals surface area (Å²) in [6, 6.07) is 8.44. The van der Waals surface area contributed by atoms with Crippen molar-refractivity contribution in [2.45, 2.75) is 6.18 Å². The van der Waals surface area contributed by atoms with Crippen LogP contribution in [-0.4, -0.2) is 24.6 Å². The number of primary amides is 1. The number of halogens is 4. The van der Waals surface area contributed by atoms with Crippen molar-refractivity contribution in [1.29, 1.82) is 0 Å². The van der Waals surface area contributed by atoms with E-state index in [0.29, 0.717) is 5.56 Å². The molecule has 0 aromatic heterocycles. The second-order valence-corrected chi connectivity index (χ2v) is 5.63. The molecule has 2 aromatic carbocycles. The number of rotatable bonds is 6. The first-order valence-electron chi connectivity index (χ1n) is 7.38. The largest absolute Gasteiger partial charge is 0.482 e. The summed E-state index contributed by atoms with van der Waals surface area (Å²) in [6.45, 7) is -0.333. The first-order valence-corrected chi connectivity index (χ1v) is 7.76. The molecule has 0 heterocycles. The lowest BCUT2D eigenvalue weighted by atomic mass is 10.1. The molecule has 0 aliphatic heterocycles. The van der Waals surface area contributed by atoms with Crippen LogP contribution < -0.4 is 15.9 Å². The number of ether oxygens (including phenoxy) is 1. The molecule has 0 saturated carbocycles. The second kappa shape index (κ2) is 8.54. The van der Waals surface area contributed by atoms with Crippen LogP contribution in [0.4, 0.5) is 13.2 Å². The molecule has 6 nitrogen and oxygen atoms in total. The molecule has 0 aliphatic rings. The van der Waals surface area contributed by atoms with Gasteiger partial charge in [0.15, 0.2) is 6.61 Å². The highest BCUT2D eigenvalue weighted by Crippen LogP contribution is 2.29. The van der Waals surface area contributed by atoms with Crippen LogP contribution in [0.2, 0.25) is 5.02 Å². The standard InChI is InChI=1S/C17H13ClF3N3O3/c18-13-6-10(4-5-14(13)27-9-15(22)25)8-23-24-16(26)11-2-1-3-12(7-11)17(19,20)21/h1-8H,9H2,(H2,22,25)(H,24,26). The van der Waals surface area contributed by atoms with E-state index in [0.717, 1.165) is 18.2 Å². The fourth-order valence-corrected chi connectivity index (χ4v) is 2.17. The van der Waals surface area contributed by atoms with Crippen molar-refractivity contribution in [1.82, 2.24) is 5.43 Å². The number of hydrogen-bond acceptors (Lipinski definition) is 4. The lowest BCUT2D eigenvalue weighted by Crippen LogP contribution is -2.20. The number of carbonyl (C=O) groups excluding carboxylic acids is 2. The van der Waals surface area contributed by atoms with Gasteiger partial charge < -0.3 is 10.5 Å². The van der Waals surface area contributed by atoms with Gasteiger partial charge in [0.05, 0.1) is 16.8 Å². The molecule has 3 N–H and O–H groups in total. The highest BCUT2D eigenvalue weighted by Gasteiger charge is 2.30. The van der Waals surface area contributed by atoms with Crippen LogP contribution in [0.5, 0.6) is 5.75 Å². The minimum absolute atomic E-state index is 0.185. The zero-order chi connectivity index (χ0) is 20.0. The summed E-state index contributed by atoms with van der Waals surface area (Å²) in [4.78, 5) is 22.6. The first-order chi connectivity index (χ1) is 12.7. The Morgan fingerprint density at radius 1 is 1.22 bits per heavy atom. The average Bonchev–Trinajstić information content (AvgIpc) is 2.60. The van der Waals surface area contributed by atoms with E-state index in [-0.39, 0.29) is 22.9 Å². The predicted octanol–water partition coefficient (Wildman–Crippen LogP) is 2.99.